The number of hydrogen-bond acceptors (Lipinski definition) is 1. The Kier molecular flexibility index (Phi) is 3.46. The maximum absolute atomic E-state index is 5.33. The second-order valence-electron chi connectivity index (χ2n) is 5.95. The highest BCUT2D eigenvalue weighted by molar-refractivity contribution is 5.42. The van der Waals surface area contributed by atoms with Crippen molar-refractivity contribution in [3.8, 4) is 5.75 Å². The third-order valence-corrected chi connectivity index (χ3v) is 4.20. The fraction of sp³-hybridized carbons (Fsp3) is 0.625. The maximum Gasteiger partial charge on any atom is 0.119 e. The Bertz CT molecular complexity index is 393. The summed E-state index contributed by atoms with van der Waals surface area (Å²) >= 11 is 0. The molecule has 17 heavy (non-hydrogen) atoms. The molecular formula is C16H24O. The lowest BCUT2D eigenvalue weighted by atomic mass is 9.78. The summed E-state index contributed by atoms with van der Waals surface area (Å²) in [6.45, 7) is 9.39. The highest BCUT2D eigenvalue weighted by atomic mass is 16.5. The lowest BCUT2D eigenvalue weighted by molar-refractivity contribution is 0.289. The molecule has 0 saturated carbocycles. The van der Waals surface area contributed by atoms with Crippen LogP contribution in [0, 0.1) is 17.8 Å². The largest absolute Gasteiger partial charge is 0.497 e. The number of methoxy groups -OCH3 is 1. The van der Waals surface area contributed by atoms with Gasteiger partial charge in [-0.3, -0.25) is 0 Å². The van der Waals surface area contributed by atoms with Crippen LogP contribution in [0.2, 0.25) is 0 Å². The van der Waals surface area contributed by atoms with E-state index in [2.05, 4.69) is 45.9 Å². The fourth-order valence-corrected chi connectivity index (χ4v) is 3.33. The van der Waals surface area contributed by atoms with E-state index in [-0.39, 0.29) is 0 Å². The second kappa shape index (κ2) is 4.72. The number of fused-ring (bicyclic) bond motifs is 1. The molecule has 0 radical (unpaired) electrons. The molecule has 0 spiro atoms. The van der Waals surface area contributed by atoms with Gasteiger partial charge in [-0.2, -0.15) is 0 Å². The van der Waals surface area contributed by atoms with Crippen molar-refractivity contribution in [2.75, 3.05) is 7.11 Å². The van der Waals surface area contributed by atoms with Gasteiger partial charge < -0.3 is 4.74 Å². The lowest BCUT2D eigenvalue weighted by Crippen LogP contribution is -2.18. The van der Waals surface area contributed by atoms with Crippen LogP contribution in [0.15, 0.2) is 18.2 Å². The number of benzene rings is 1. The van der Waals surface area contributed by atoms with E-state index in [9.17, 15) is 0 Å². The van der Waals surface area contributed by atoms with Crippen molar-refractivity contribution in [3.63, 3.8) is 0 Å². The van der Waals surface area contributed by atoms with Crippen LogP contribution in [-0.4, -0.2) is 7.11 Å². The minimum atomic E-state index is 0.718. The lowest BCUT2D eigenvalue weighted by Gasteiger charge is -2.27. The highest BCUT2D eigenvalue weighted by Crippen LogP contribution is 2.46. The first-order valence-corrected chi connectivity index (χ1v) is 6.71. The number of rotatable bonds is 3. The minimum Gasteiger partial charge on any atom is -0.497 e. The Hall–Kier alpha value is -0.980. The first-order chi connectivity index (χ1) is 8.04. The normalized spacial score (nSPS) is 23.2. The van der Waals surface area contributed by atoms with Crippen molar-refractivity contribution < 1.29 is 4.74 Å². The summed E-state index contributed by atoms with van der Waals surface area (Å²) in [7, 11) is 1.75. The van der Waals surface area contributed by atoms with Crippen LogP contribution in [0.3, 0.4) is 0 Å². The zero-order valence-corrected chi connectivity index (χ0v) is 11.7. The second-order valence-corrected chi connectivity index (χ2v) is 5.95. The molecule has 0 saturated heterocycles. The van der Waals surface area contributed by atoms with E-state index in [1.807, 2.05) is 0 Å². The highest BCUT2D eigenvalue weighted by Gasteiger charge is 2.36. The van der Waals surface area contributed by atoms with Crippen LogP contribution in [0.25, 0.3) is 0 Å². The smallest absolute Gasteiger partial charge is 0.119 e. The molecule has 0 bridgehead atoms. The van der Waals surface area contributed by atoms with Gasteiger partial charge in [0, 0.05) is 0 Å². The van der Waals surface area contributed by atoms with Crippen LogP contribution in [0.4, 0.5) is 0 Å². The van der Waals surface area contributed by atoms with Gasteiger partial charge in [0.05, 0.1) is 7.11 Å². The first kappa shape index (κ1) is 12.5. The summed E-state index contributed by atoms with van der Waals surface area (Å²) in [5, 5.41) is 0. The van der Waals surface area contributed by atoms with Gasteiger partial charge >= 0.3 is 0 Å². The van der Waals surface area contributed by atoms with E-state index >= 15 is 0 Å². The van der Waals surface area contributed by atoms with Crippen molar-refractivity contribution in [2.24, 2.45) is 17.8 Å². The third-order valence-electron chi connectivity index (χ3n) is 4.20. The zero-order valence-electron chi connectivity index (χ0n) is 11.7. The van der Waals surface area contributed by atoms with Crippen LogP contribution in [0.5, 0.6) is 5.75 Å². The monoisotopic (exact) mass is 232 g/mol. The molecule has 1 aromatic carbocycles. The molecule has 0 aromatic heterocycles. The molecular weight excluding hydrogens is 208 g/mol. The molecule has 2 atom stereocenters. The Morgan fingerprint density at radius 2 is 1.82 bits per heavy atom. The van der Waals surface area contributed by atoms with Gasteiger partial charge in [0.25, 0.3) is 0 Å². The van der Waals surface area contributed by atoms with E-state index in [0.717, 1.165) is 29.4 Å². The van der Waals surface area contributed by atoms with Crippen molar-refractivity contribution in [1.82, 2.24) is 0 Å². The first-order valence-electron chi connectivity index (χ1n) is 6.71. The maximum atomic E-state index is 5.33. The van der Waals surface area contributed by atoms with Crippen molar-refractivity contribution in [1.29, 1.82) is 0 Å². The molecule has 1 aliphatic carbocycles. The van der Waals surface area contributed by atoms with E-state index in [1.165, 1.54) is 12.0 Å². The Balaban J connectivity index is 2.39. The summed E-state index contributed by atoms with van der Waals surface area (Å²) < 4.78 is 5.33. The molecule has 1 aliphatic rings. The molecule has 0 fully saturated rings. The van der Waals surface area contributed by atoms with Gasteiger partial charge in [-0.1, -0.05) is 33.8 Å². The Morgan fingerprint density at radius 1 is 1.12 bits per heavy atom. The summed E-state index contributed by atoms with van der Waals surface area (Å²) in [5.41, 5.74) is 3.06. The van der Waals surface area contributed by atoms with Crippen LogP contribution >= 0.6 is 0 Å². The van der Waals surface area contributed by atoms with Crippen LogP contribution in [0.1, 0.15) is 44.7 Å². The molecule has 1 heteroatoms. The standard InChI is InChI=1S/C16H24O/c1-10(2)15-9-12-8-13(17-5)6-7-14(12)16(15)11(3)4/h6-8,10-11,15-16H,9H2,1-5H3. The van der Waals surface area contributed by atoms with E-state index in [0.29, 0.717) is 0 Å². The van der Waals surface area contributed by atoms with Crippen molar-refractivity contribution >= 4 is 0 Å². The summed E-state index contributed by atoms with van der Waals surface area (Å²) in [6, 6.07) is 6.62. The van der Waals surface area contributed by atoms with Crippen molar-refractivity contribution in [2.45, 2.75) is 40.0 Å². The molecule has 0 amide bonds. The topological polar surface area (TPSA) is 9.23 Å². The molecule has 0 aliphatic heterocycles. The molecule has 2 rings (SSSR count). The quantitative estimate of drug-likeness (QED) is 0.756. The average molecular weight is 232 g/mol. The Morgan fingerprint density at radius 3 is 2.35 bits per heavy atom. The SMILES string of the molecule is COc1ccc2c(c1)CC(C(C)C)C2C(C)C. The Labute approximate surface area is 105 Å². The van der Waals surface area contributed by atoms with Crippen molar-refractivity contribution in [3.05, 3.63) is 29.3 Å². The van der Waals surface area contributed by atoms with Crippen LogP contribution in [-0.2, 0) is 6.42 Å². The van der Waals surface area contributed by atoms with E-state index < -0.39 is 0 Å². The summed E-state index contributed by atoms with van der Waals surface area (Å²) in [5.74, 6) is 3.97. The van der Waals surface area contributed by atoms with Gasteiger partial charge in [0.1, 0.15) is 5.75 Å². The van der Waals surface area contributed by atoms with Gasteiger partial charge in [0.2, 0.25) is 0 Å². The molecule has 1 aromatic rings. The van der Waals surface area contributed by atoms with Gasteiger partial charge in [-0.05, 0) is 53.4 Å². The molecule has 0 heterocycles. The molecule has 2 unspecified atom stereocenters. The summed E-state index contributed by atoms with van der Waals surface area (Å²) in [6.07, 6.45) is 1.22. The van der Waals surface area contributed by atoms with Gasteiger partial charge in [-0.15, -0.1) is 0 Å². The minimum absolute atomic E-state index is 0.718. The van der Waals surface area contributed by atoms with E-state index in [4.69, 9.17) is 4.74 Å². The predicted molar refractivity (Wildman–Crippen MR) is 72.6 cm³/mol. The van der Waals surface area contributed by atoms with E-state index in [1.54, 1.807) is 12.7 Å². The summed E-state index contributed by atoms with van der Waals surface area (Å²) in [4.78, 5) is 0. The number of hydrogen-bond donors (Lipinski definition) is 0. The van der Waals surface area contributed by atoms with Gasteiger partial charge in [-0.25, -0.2) is 0 Å². The van der Waals surface area contributed by atoms with Crippen LogP contribution < -0.4 is 4.74 Å². The zero-order chi connectivity index (χ0) is 12.6. The third kappa shape index (κ3) is 2.20. The fourth-order valence-electron chi connectivity index (χ4n) is 3.33. The molecule has 1 nitrogen and oxygen atoms in total. The predicted octanol–water partition coefficient (Wildman–Crippen LogP) is 4.26. The van der Waals surface area contributed by atoms with Gasteiger partial charge in [0.15, 0.2) is 0 Å². The number of ether oxygens (including phenoxy) is 1. The molecule has 94 valence electrons. The average Bonchev–Trinajstić information content (AvgIpc) is 2.66. The molecule has 0 N–H and O–H groups in total.